The van der Waals surface area contributed by atoms with Crippen LogP contribution in [-0.4, -0.2) is 21.3 Å². The molecule has 0 unspecified atom stereocenters. The molecule has 0 aliphatic heterocycles. The molecule has 0 radical (unpaired) electrons. The van der Waals surface area contributed by atoms with Crippen molar-refractivity contribution < 1.29 is 9.90 Å². The molecule has 0 spiro atoms. The normalized spacial score (nSPS) is 7.27. The molecule has 11 heavy (non-hydrogen) atoms. The second kappa shape index (κ2) is 4.36. The number of aromatic nitrogens is 2. The topological polar surface area (TPSA) is 66.0 Å². The Morgan fingerprint density at radius 1 is 1.73 bits per heavy atom. The maximum atomic E-state index is 9.89. The molecule has 0 amide bonds. The van der Waals surface area contributed by atoms with E-state index in [1.165, 1.54) is 12.4 Å². The van der Waals surface area contributed by atoms with Gasteiger partial charge < -0.3 is 5.11 Å². The highest BCUT2D eigenvalue weighted by molar-refractivity contribution is 5.87. The van der Waals surface area contributed by atoms with Gasteiger partial charge in [-0.2, -0.15) is 5.10 Å². The van der Waals surface area contributed by atoms with Gasteiger partial charge in [0.25, 0.3) is 0 Å². The first-order chi connectivity index (χ1) is 4.79. The summed E-state index contributed by atoms with van der Waals surface area (Å²) in [6.45, 7) is 0. The molecule has 0 fully saturated rings. The summed E-state index contributed by atoms with van der Waals surface area (Å²) < 4.78 is 0. The van der Waals surface area contributed by atoms with Crippen molar-refractivity contribution in [1.82, 2.24) is 10.2 Å². The fourth-order valence-corrected chi connectivity index (χ4v) is 0.445. The van der Waals surface area contributed by atoms with Crippen LogP contribution < -0.4 is 0 Å². The van der Waals surface area contributed by atoms with Crippen LogP contribution in [0.3, 0.4) is 0 Å². The number of carboxylic acid groups (broad SMARTS) is 1. The molecular formula is C6H5ClN2O2. The van der Waals surface area contributed by atoms with Crippen molar-refractivity contribution in [1.29, 1.82) is 0 Å². The van der Waals surface area contributed by atoms with Crippen LogP contribution in [-0.2, 0) is 4.79 Å². The van der Waals surface area contributed by atoms with E-state index in [-0.39, 0.29) is 12.4 Å². The van der Waals surface area contributed by atoms with Gasteiger partial charge in [-0.3, -0.25) is 5.10 Å². The molecule has 5 heteroatoms. The van der Waals surface area contributed by atoms with Crippen LogP contribution in [0.2, 0.25) is 0 Å². The number of carboxylic acids is 1. The zero-order chi connectivity index (χ0) is 7.40. The van der Waals surface area contributed by atoms with E-state index in [9.17, 15) is 4.79 Å². The van der Waals surface area contributed by atoms with Crippen molar-refractivity contribution in [3.8, 4) is 11.8 Å². The summed E-state index contributed by atoms with van der Waals surface area (Å²) in [7, 11) is 0. The molecule has 0 aliphatic carbocycles. The Balaban J connectivity index is 0.000001000. The summed E-state index contributed by atoms with van der Waals surface area (Å²) in [5.41, 5.74) is 0.572. The average Bonchev–Trinajstić information content (AvgIpc) is 2.34. The minimum atomic E-state index is -1.14. The first kappa shape index (κ1) is 9.53. The van der Waals surface area contributed by atoms with Crippen molar-refractivity contribution in [3.05, 3.63) is 18.0 Å². The first-order valence-corrected chi connectivity index (χ1v) is 2.53. The third-order valence-electron chi connectivity index (χ3n) is 0.812. The van der Waals surface area contributed by atoms with Gasteiger partial charge >= 0.3 is 5.97 Å². The average molecular weight is 173 g/mol. The summed E-state index contributed by atoms with van der Waals surface area (Å²) in [6, 6.07) is 0. The summed E-state index contributed by atoms with van der Waals surface area (Å²) in [5, 5.41) is 14.2. The molecule has 0 aliphatic rings. The molecule has 58 valence electrons. The molecule has 0 saturated heterocycles. The number of H-pyrrole nitrogens is 1. The van der Waals surface area contributed by atoms with Crippen LogP contribution in [0.1, 0.15) is 5.56 Å². The number of carbonyl (C=O) groups is 1. The van der Waals surface area contributed by atoms with Gasteiger partial charge in [-0.25, -0.2) is 4.79 Å². The number of hydrogen-bond acceptors (Lipinski definition) is 2. The van der Waals surface area contributed by atoms with Crippen LogP contribution in [0.4, 0.5) is 0 Å². The van der Waals surface area contributed by atoms with Gasteiger partial charge in [0, 0.05) is 12.1 Å². The van der Waals surface area contributed by atoms with Crippen LogP contribution in [0.5, 0.6) is 0 Å². The third-order valence-corrected chi connectivity index (χ3v) is 0.812. The molecule has 0 atom stereocenters. The van der Waals surface area contributed by atoms with E-state index in [1.54, 1.807) is 0 Å². The van der Waals surface area contributed by atoms with Crippen LogP contribution in [0.25, 0.3) is 0 Å². The van der Waals surface area contributed by atoms with E-state index in [4.69, 9.17) is 5.11 Å². The molecular weight excluding hydrogens is 168 g/mol. The molecule has 0 saturated carbocycles. The molecule has 0 bridgehead atoms. The second-order valence-corrected chi connectivity index (χ2v) is 1.54. The molecule has 1 rings (SSSR count). The Morgan fingerprint density at radius 3 is 2.91 bits per heavy atom. The smallest absolute Gasteiger partial charge is 0.382 e. The number of nitrogens with zero attached hydrogens (tertiary/aromatic N) is 1. The Morgan fingerprint density at radius 2 is 2.45 bits per heavy atom. The van der Waals surface area contributed by atoms with Crippen molar-refractivity contribution in [2.24, 2.45) is 0 Å². The van der Waals surface area contributed by atoms with E-state index < -0.39 is 5.97 Å². The van der Waals surface area contributed by atoms with Gasteiger partial charge in [0.1, 0.15) is 0 Å². The monoisotopic (exact) mass is 172 g/mol. The predicted octanol–water partition coefficient (Wildman–Crippen LogP) is 0.268. The largest absolute Gasteiger partial charge is 0.472 e. The number of halogens is 1. The summed E-state index contributed by atoms with van der Waals surface area (Å²) in [5.74, 6) is 3.20. The standard InChI is InChI=1S/C6H4N2O2.ClH/c9-6(10)2-1-5-3-7-8-4-5;/h3-4H,(H,7,8)(H,9,10);1H. The number of aliphatic carboxylic acids is 1. The number of nitrogens with one attached hydrogen (secondary N) is 1. The lowest BCUT2D eigenvalue weighted by Crippen LogP contribution is -1.86. The van der Waals surface area contributed by atoms with Crippen LogP contribution in [0.15, 0.2) is 12.4 Å². The molecule has 4 nitrogen and oxygen atoms in total. The second-order valence-electron chi connectivity index (χ2n) is 1.54. The molecule has 1 aromatic heterocycles. The Bertz CT molecular complexity index is 283. The molecule has 0 aromatic carbocycles. The first-order valence-electron chi connectivity index (χ1n) is 2.53. The maximum absolute atomic E-state index is 9.89. The molecule has 1 aromatic rings. The van der Waals surface area contributed by atoms with Crippen LogP contribution >= 0.6 is 12.4 Å². The highest BCUT2D eigenvalue weighted by Crippen LogP contribution is 1.87. The minimum absolute atomic E-state index is 0. The Labute approximate surface area is 69.0 Å². The Kier molecular flexibility index (Phi) is 3.78. The lowest BCUT2D eigenvalue weighted by atomic mass is 10.4. The van der Waals surface area contributed by atoms with Crippen molar-refractivity contribution in [3.63, 3.8) is 0 Å². The zero-order valence-electron chi connectivity index (χ0n) is 5.37. The lowest BCUT2D eigenvalue weighted by molar-refractivity contribution is -0.130. The summed E-state index contributed by atoms with van der Waals surface area (Å²) in [4.78, 5) is 9.89. The van der Waals surface area contributed by atoms with Crippen molar-refractivity contribution in [2.45, 2.75) is 0 Å². The van der Waals surface area contributed by atoms with Gasteiger partial charge in [-0.1, -0.05) is 5.92 Å². The van der Waals surface area contributed by atoms with Gasteiger partial charge in [0.2, 0.25) is 0 Å². The highest BCUT2D eigenvalue weighted by atomic mass is 35.5. The summed E-state index contributed by atoms with van der Waals surface area (Å²) in [6.07, 6.45) is 2.98. The fourth-order valence-electron chi connectivity index (χ4n) is 0.445. The lowest BCUT2D eigenvalue weighted by Gasteiger charge is -1.71. The van der Waals surface area contributed by atoms with E-state index >= 15 is 0 Å². The zero-order valence-corrected chi connectivity index (χ0v) is 6.18. The predicted molar refractivity (Wildman–Crippen MR) is 40.3 cm³/mol. The maximum Gasteiger partial charge on any atom is 0.382 e. The van der Waals surface area contributed by atoms with E-state index in [0.29, 0.717) is 5.56 Å². The highest BCUT2D eigenvalue weighted by Gasteiger charge is 1.86. The van der Waals surface area contributed by atoms with E-state index in [2.05, 4.69) is 16.1 Å². The van der Waals surface area contributed by atoms with Crippen molar-refractivity contribution >= 4 is 18.4 Å². The Hall–Kier alpha value is -1.47. The quantitative estimate of drug-likeness (QED) is 0.552. The van der Waals surface area contributed by atoms with Gasteiger partial charge in [-0.15, -0.1) is 12.4 Å². The molecule has 2 N–H and O–H groups in total. The van der Waals surface area contributed by atoms with Gasteiger partial charge in [0.05, 0.1) is 11.8 Å². The number of rotatable bonds is 0. The van der Waals surface area contributed by atoms with E-state index in [1.807, 2.05) is 5.92 Å². The van der Waals surface area contributed by atoms with E-state index in [0.717, 1.165) is 0 Å². The fraction of sp³-hybridized carbons (Fsp3) is 0. The number of aromatic amines is 1. The molecule has 1 heterocycles. The van der Waals surface area contributed by atoms with Gasteiger partial charge in [0.15, 0.2) is 0 Å². The SMILES string of the molecule is Cl.O=C(O)C#Cc1cn[nH]c1. The minimum Gasteiger partial charge on any atom is -0.472 e. The number of hydrogen-bond donors (Lipinski definition) is 2. The third kappa shape index (κ3) is 3.28. The summed E-state index contributed by atoms with van der Waals surface area (Å²) >= 11 is 0. The van der Waals surface area contributed by atoms with Crippen molar-refractivity contribution in [2.75, 3.05) is 0 Å². The van der Waals surface area contributed by atoms with Gasteiger partial charge in [-0.05, 0) is 0 Å². The van der Waals surface area contributed by atoms with Crippen LogP contribution in [0, 0.1) is 11.8 Å².